The number of rotatable bonds is 2. The molecular weight excluding hydrogens is 341 g/mol. The van der Waals surface area contributed by atoms with E-state index >= 15 is 0 Å². The number of carbonyl (C=O) groups is 1. The second-order valence-electron chi connectivity index (χ2n) is 3.77. The van der Waals surface area contributed by atoms with Crippen molar-refractivity contribution < 1.29 is 18.7 Å². The van der Waals surface area contributed by atoms with Crippen LogP contribution in [0.4, 0.5) is 8.78 Å². The lowest BCUT2D eigenvalue weighted by atomic mass is 10.1. The van der Waals surface area contributed by atoms with Crippen molar-refractivity contribution in [3.05, 3.63) is 33.8 Å². The molecule has 1 aliphatic carbocycles. The van der Waals surface area contributed by atoms with E-state index in [1.807, 2.05) is 0 Å². The Morgan fingerprint density at radius 2 is 1.82 bits per heavy atom. The monoisotopic (exact) mass is 344 g/mol. The topological polar surface area (TPSA) is 37.3 Å². The SMILES string of the molecule is O=C(O)C1C(c2cc(F)c(Br)c(F)c2)C1(Cl)Cl. The van der Waals surface area contributed by atoms with Crippen molar-refractivity contribution in [3.8, 4) is 0 Å². The van der Waals surface area contributed by atoms with Gasteiger partial charge < -0.3 is 5.11 Å². The molecule has 1 fully saturated rings. The third-order valence-corrected chi connectivity index (χ3v) is 4.38. The van der Waals surface area contributed by atoms with Crippen molar-refractivity contribution in [1.29, 1.82) is 0 Å². The van der Waals surface area contributed by atoms with E-state index < -0.39 is 33.8 Å². The molecule has 7 heteroatoms. The highest BCUT2D eigenvalue weighted by Crippen LogP contribution is 2.65. The van der Waals surface area contributed by atoms with Gasteiger partial charge in [-0.05, 0) is 33.6 Å². The van der Waals surface area contributed by atoms with Gasteiger partial charge in [0.2, 0.25) is 0 Å². The molecule has 0 spiro atoms. The van der Waals surface area contributed by atoms with Gasteiger partial charge in [-0.1, -0.05) is 23.2 Å². The molecule has 0 heterocycles. The Kier molecular flexibility index (Phi) is 3.13. The quantitative estimate of drug-likeness (QED) is 0.655. The summed E-state index contributed by atoms with van der Waals surface area (Å²) in [5.41, 5.74) is 0.139. The second kappa shape index (κ2) is 4.07. The number of benzene rings is 1. The molecular formula is C10H5BrCl2F2O2. The predicted octanol–water partition coefficient (Wildman–Crippen LogP) is 3.70. The fourth-order valence-corrected chi connectivity index (χ4v) is 2.85. The Balaban J connectivity index is 2.41. The van der Waals surface area contributed by atoms with E-state index in [1.165, 1.54) is 0 Å². The molecule has 0 radical (unpaired) electrons. The lowest BCUT2D eigenvalue weighted by Crippen LogP contribution is -2.03. The van der Waals surface area contributed by atoms with Crippen LogP contribution in [0.5, 0.6) is 0 Å². The molecule has 1 aromatic carbocycles. The maximum absolute atomic E-state index is 13.3. The van der Waals surface area contributed by atoms with Crippen LogP contribution in [0.25, 0.3) is 0 Å². The molecule has 17 heavy (non-hydrogen) atoms. The largest absolute Gasteiger partial charge is 0.481 e. The standard InChI is InChI=1S/C10H5BrCl2F2O2/c11-8-4(14)1-3(2-5(8)15)6-7(9(16)17)10(6,12)13/h1-2,6-7H,(H,16,17). The fourth-order valence-electron chi connectivity index (χ4n) is 1.80. The highest BCUT2D eigenvalue weighted by atomic mass is 79.9. The zero-order valence-corrected chi connectivity index (χ0v) is 11.2. The van der Waals surface area contributed by atoms with Crippen LogP contribution in [0.3, 0.4) is 0 Å². The smallest absolute Gasteiger partial charge is 0.310 e. The van der Waals surface area contributed by atoms with Gasteiger partial charge in [0.05, 0.1) is 10.4 Å². The van der Waals surface area contributed by atoms with E-state index in [-0.39, 0.29) is 10.0 Å². The van der Waals surface area contributed by atoms with E-state index in [2.05, 4.69) is 15.9 Å². The lowest BCUT2D eigenvalue weighted by Gasteiger charge is -2.03. The summed E-state index contributed by atoms with van der Waals surface area (Å²) in [6.07, 6.45) is 0. The van der Waals surface area contributed by atoms with Crippen LogP contribution in [-0.2, 0) is 4.79 Å². The first kappa shape index (κ1) is 13.1. The molecule has 0 bridgehead atoms. The third kappa shape index (κ3) is 2.04. The average Bonchev–Trinajstić information content (AvgIpc) is 2.77. The Bertz CT molecular complexity index is 484. The predicted molar refractivity (Wildman–Crippen MR) is 62.4 cm³/mol. The summed E-state index contributed by atoms with van der Waals surface area (Å²) in [6.45, 7) is 0. The van der Waals surface area contributed by atoms with Gasteiger partial charge in [0.1, 0.15) is 16.0 Å². The van der Waals surface area contributed by atoms with Crippen molar-refractivity contribution in [2.24, 2.45) is 5.92 Å². The van der Waals surface area contributed by atoms with Gasteiger partial charge in [0, 0.05) is 5.92 Å². The zero-order valence-electron chi connectivity index (χ0n) is 8.05. The molecule has 1 saturated carbocycles. The first-order chi connectivity index (χ1) is 7.76. The summed E-state index contributed by atoms with van der Waals surface area (Å²) < 4.78 is 24.8. The summed E-state index contributed by atoms with van der Waals surface area (Å²) in [5, 5.41) is 8.85. The highest BCUT2D eigenvalue weighted by Gasteiger charge is 2.68. The van der Waals surface area contributed by atoms with Crippen LogP contribution in [0.15, 0.2) is 16.6 Å². The highest BCUT2D eigenvalue weighted by molar-refractivity contribution is 9.10. The summed E-state index contributed by atoms with van der Waals surface area (Å²) in [4.78, 5) is 10.8. The summed E-state index contributed by atoms with van der Waals surface area (Å²) in [5.74, 6) is -4.68. The molecule has 2 unspecified atom stereocenters. The normalized spacial score (nSPS) is 25.7. The molecule has 0 saturated heterocycles. The summed E-state index contributed by atoms with van der Waals surface area (Å²) >= 11 is 14.3. The maximum Gasteiger partial charge on any atom is 0.310 e. The number of aliphatic carboxylic acids is 1. The van der Waals surface area contributed by atoms with Crippen LogP contribution < -0.4 is 0 Å². The van der Waals surface area contributed by atoms with Gasteiger partial charge in [-0.15, -0.1) is 0 Å². The van der Waals surface area contributed by atoms with Crippen LogP contribution in [0.1, 0.15) is 11.5 Å². The third-order valence-electron chi connectivity index (χ3n) is 2.68. The maximum atomic E-state index is 13.3. The van der Waals surface area contributed by atoms with Crippen molar-refractivity contribution in [2.45, 2.75) is 10.3 Å². The minimum absolute atomic E-state index is 0.139. The number of carboxylic acids is 1. The van der Waals surface area contributed by atoms with Crippen molar-refractivity contribution in [3.63, 3.8) is 0 Å². The second-order valence-corrected chi connectivity index (χ2v) is 6.00. The molecule has 92 valence electrons. The number of halogens is 5. The van der Waals surface area contributed by atoms with E-state index in [0.717, 1.165) is 12.1 Å². The van der Waals surface area contributed by atoms with E-state index in [1.54, 1.807) is 0 Å². The minimum atomic E-state index is -1.52. The first-order valence-electron chi connectivity index (χ1n) is 4.52. The average molecular weight is 346 g/mol. The molecule has 1 aliphatic rings. The van der Waals surface area contributed by atoms with Crippen molar-refractivity contribution in [1.82, 2.24) is 0 Å². The first-order valence-corrected chi connectivity index (χ1v) is 6.06. The van der Waals surface area contributed by atoms with Gasteiger partial charge in [0.25, 0.3) is 0 Å². The summed E-state index contributed by atoms with van der Waals surface area (Å²) in [7, 11) is 0. The van der Waals surface area contributed by atoms with E-state index in [0.29, 0.717) is 0 Å². The molecule has 0 aromatic heterocycles. The van der Waals surface area contributed by atoms with Crippen LogP contribution >= 0.6 is 39.1 Å². The fraction of sp³-hybridized carbons (Fsp3) is 0.300. The Morgan fingerprint density at radius 1 is 1.35 bits per heavy atom. The number of hydrogen-bond donors (Lipinski definition) is 1. The summed E-state index contributed by atoms with van der Waals surface area (Å²) in [6, 6.07) is 2.06. The van der Waals surface area contributed by atoms with Gasteiger partial charge in [-0.2, -0.15) is 0 Å². The van der Waals surface area contributed by atoms with Gasteiger partial charge in [0.15, 0.2) is 0 Å². The number of carboxylic acid groups (broad SMARTS) is 1. The van der Waals surface area contributed by atoms with Gasteiger partial charge in [-0.25, -0.2) is 8.78 Å². The number of alkyl halides is 2. The van der Waals surface area contributed by atoms with Gasteiger partial charge in [-0.3, -0.25) is 4.79 Å². The molecule has 0 aliphatic heterocycles. The lowest BCUT2D eigenvalue weighted by molar-refractivity contribution is -0.138. The van der Waals surface area contributed by atoms with Crippen LogP contribution in [0, 0.1) is 17.6 Å². The van der Waals surface area contributed by atoms with Crippen molar-refractivity contribution >= 4 is 45.1 Å². The van der Waals surface area contributed by atoms with Crippen LogP contribution in [0.2, 0.25) is 0 Å². The molecule has 2 atom stereocenters. The van der Waals surface area contributed by atoms with E-state index in [4.69, 9.17) is 28.3 Å². The van der Waals surface area contributed by atoms with Crippen LogP contribution in [-0.4, -0.2) is 15.4 Å². The Morgan fingerprint density at radius 3 is 2.18 bits per heavy atom. The van der Waals surface area contributed by atoms with Gasteiger partial charge >= 0.3 is 5.97 Å². The Labute approximate surface area is 114 Å². The minimum Gasteiger partial charge on any atom is -0.481 e. The number of hydrogen-bond acceptors (Lipinski definition) is 1. The molecule has 2 nitrogen and oxygen atoms in total. The molecule has 0 amide bonds. The zero-order chi connectivity index (χ0) is 13.0. The van der Waals surface area contributed by atoms with E-state index in [9.17, 15) is 13.6 Å². The Hall–Kier alpha value is -0.390. The van der Waals surface area contributed by atoms with Crippen molar-refractivity contribution in [2.75, 3.05) is 0 Å². The molecule has 1 aromatic rings. The molecule has 2 rings (SSSR count). The molecule has 1 N–H and O–H groups in total.